The number of nitrogens with two attached hydrogens (primary N) is 1. The van der Waals surface area contributed by atoms with Crippen LogP contribution in [-0.2, 0) is 6.54 Å². The monoisotopic (exact) mass is 286 g/mol. The summed E-state index contributed by atoms with van der Waals surface area (Å²) in [5.41, 5.74) is 8.59. The predicted molar refractivity (Wildman–Crippen MR) is 78.4 cm³/mol. The summed E-state index contributed by atoms with van der Waals surface area (Å²) >= 11 is 0. The van der Waals surface area contributed by atoms with Crippen molar-refractivity contribution in [3.63, 3.8) is 0 Å². The van der Waals surface area contributed by atoms with Gasteiger partial charge in [0.15, 0.2) is 0 Å². The minimum atomic E-state index is -0.852. The van der Waals surface area contributed by atoms with Crippen molar-refractivity contribution in [1.29, 1.82) is 0 Å². The SMILES string of the molecule is NCc1ccc(-n2ccc(C3CCN(C(=O)O)C3)n2)cc1. The highest BCUT2D eigenvalue weighted by molar-refractivity contribution is 5.65. The average Bonchev–Trinajstić information content (AvgIpc) is 3.16. The molecule has 0 aliphatic carbocycles. The van der Waals surface area contributed by atoms with Crippen LogP contribution >= 0.6 is 0 Å². The van der Waals surface area contributed by atoms with Crippen molar-refractivity contribution in [2.24, 2.45) is 5.73 Å². The molecule has 1 aromatic carbocycles. The predicted octanol–water partition coefficient (Wildman–Crippen LogP) is 1.80. The first-order valence-corrected chi connectivity index (χ1v) is 7.00. The van der Waals surface area contributed by atoms with Crippen LogP contribution in [0, 0.1) is 0 Å². The molecule has 21 heavy (non-hydrogen) atoms. The molecular weight excluding hydrogens is 268 g/mol. The second-order valence-electron chi connectivity index (χ2n) is 5.27. The molecule has 2 aromatic rings. The first kappa shape index (κ1) is 13.6. The number of amides is 1. The zero-order chi connectivity index (χ0) is 14.8. The summed E-state index contributed by atoms with van der Waals surface area (Å²) in [7, 11) is 0. The van der Waals surface area contributed by atoms with Gasteiger partial charge in [0.1, 0.15) is 0 Å². The van der Waals surface area contributed by atoms with E-state index < -0.39 is 6.09 Å². The van der Waals surface area contributed by atoms with Gasteiger partial charge in [-0.3, -0.25) is 0 Å². The van der Waals surface area contributed by atoms with Crippen LogP contribution in [0.15, 0.2) is 36.5 Å². The molecule has 1 aromatic heterocycles. The number of benzene rings is 1. The standard InChI is InChI=1S/C15H18N4O2/c16-9-11-1-3-13(4-2-11)19-8-6-14(17-19)12-5-7-18(10-12)15(20)21/h1-4,6,8,12H,5,7,9-10,16H2,(H,20,21). The fourth-order valence-corrected chi connectivity index (χ4v) is 2.66. The van der Waals surface area contributed by atoms with Crippen LogP contribution < -0.4 is 5.73 Å². The van der Waals surface area contributed by atoms with Crippen LogP contribution in [0.25, 0.3) is 5.69 Å². The molecule has 0 spiro atoms. The van der Waals surface area contributed by atoms with E-state index in [1.54, 1.807) is 0 Å². The molecular formula is C15H18N4O2. The van der Waals surface area contributed by atoms with Crippen molar-refractivity contribution >= 4 is 6.09 Å². The zero-order valence-corrected chi connectivity index (χ0v) is 11.6. The van der Waals surface area contributed by atoms with Gasteiger partial charge in [-0.25, -0.2) is 9.48 Å². The molecule has 6 heteroatoms. The third-order valence-electron chi connectivity index (χ3n) is 3.92. The molecule has 0 saturated carbocycles. The lowest BCUT2D eigenvalue weighted by Gasteiger charge is -2.10. The van der Waals surface area contributed by atoms with Crippen LogP contribution in [0.1, 0.15) is 23.6 Å². The van der Waals surface area contributed by atoms with Gasteiger partial charge < -0.3 is 15.7 Å². The maximum Gasteiger partial charge on any atom is 0.407 e. The number of rotatable bonds is 3. The normalized spacial score (nSPS) is 18.1. The highest BCUT2D eigenvalue weighted by atomic mass is 16.4. The van der Waals surface area contributed by atoms with Gasteiger partial charge in [0.2, 0.25) is 0 Å². The molecule has 1 aliphatic rings. The number of likely N-dealkylation sites (tertiary alicyclic amines) is 1. The highest BCUT2D eigenvalue weighted by Gasteiger charge is 2.28. The van der Waals surface area contributed by atoms with Gasteiger partial charge in [0.25, 0.3) is 0 Å². The third kappa shape index (κ3) is 2.75. The Morgan fingerprint density at radius 3 is 2.71 bits per heavy atom. The van der Waals surface area contributed by atoms with E-state index in [9.17, 15) is 4.79 Å². The summed E-state index contributed by atoms with van der Waals surface area (Å²) in [6.07, 6.45) is 1.89. The second kappa shape index (κ2) is 5.57. The Bertz CT molecular complexity index is 635. The molecule has 1 saturated heterocycles. The number of hydrogen-bond acceptors (Lipinski definition) is 3. The zero-order valence-electron chi connectivity index (χ0n) is 11.6. The number of nitrogens with zero attached hydrogens (tertiary/aromatic N) is 3. The molecule has 2 heterocycles. The highest BCUT2D eigenvalue weighted by Crippen LogP contribution is 2.26. The molecule has 0 radical (unpaired) electrons. The maximum absolute atomic E-state index is 11.0. The number of aromatic nitrogens is 2. The number of carboxylic acid groups (broad SMARTS) is 1. The van der Waals surface area contributed by atoms with E-state index in [4.69, 9.17) is 10.8 Å². The Morgan fingerprint density at radius 1 is 1.33 bits per heavy atom. The van der Waals surface area contributed by atoms with Crippen LogP contribution in [0.2, 0.25) is 0 Å². The fourth-order valence-electron chi connectivity index (χ4n) is 2.66. The molecule has 0 bridgehead atoms. The lowest BCUT2D eigenvalue weighted by molar-refractivity contribution is 0.155. The Labute approximate surface area is 122 Å². The topological polar surface area (TPSA) is 84.4 Å². The van der Waals surface area contributed by atoms with Gasteiger partial charge >= 0.3 is 6.09 Å². The third-order valence-corrected chi connectivity index (χ3v) is 3.92. The van der Waals surface area contributed by atoms with E-state index in [2.05, 4.69) is 5.10 Å². The van der Waals surface area contributed by atoms with Crippen LogP contribution in [0.3, 0.4) is 0 Å². The molecule has 110 valence electrons. The summed E-state index contributed by atoms with van der Waals surface area (Å²) in [5, 5.41) is 13.6. The fraction of sp³-hybridized carbons (Fsp3) is 0.333. The van der Waals surface area contributed by atoms with Gasteiger partial charge in [0, 0.05) is 31.7 Å². The van der Waals surface area contributed by atoms with Gasteiger partial charge in [-0.2, -0.15) is 5.10 Å². The molecule has 1 amide bonds. The van der Waals surface area contributed by atoms with Crippen molar-refractivity contribution in [3.05, 3.63) is 47.8 Å². The minimum Gasteiger partial charge on any atom is -0.465 e. The summed E-state index contributed by atoms with van der Waals surface area (Å²) in [5.74, 6) is 0.186. The van der Waals surface area contributed by atoms with Crippen molar-refractivity contribution < 1.29 is 9.90 Å². The van der Waals surface area contributed by atoms with Gasteiger partial charge in [-0.05, 0) is 30.2 Å². The van der Waals surface area contributed by atoms with Crippen LogP contribution in [0.4, 0.5) is 4.79 Å². The number of hydrogen-bond donors (Lipinski definition) is 2. The first-order valence-electron chi connectivity index (χ1n) is 7.00. The lowest BCUT2D eigenvalue weighted by Crippen LogP contribution is -2.26. The summed E-state index contributed by atoms with van der Waals surface area (Å²) in [6, 6.07) is 9.90. The average molecular weight is 286 g/mol. The van der Waals surface area contributed by atoms with E-state index in [1.807, 2.05) is 41.2 Å². The second-order valence-corrected chi connectivity index (χ2v) is 5.27. The van der Waals surface area contributed by atoms with E-state index in [1.165, 1.54) is 4.90 Å². The Morgan fingerprint density at radius 2 is 2.10 bits per heavy atom. The molecule has 6 nitrogen and oxygen atoms in total. The first-order chi connectivity index (χ1) is 10.2. The van der Waals surface area contributed by atoms with E-state index in [-0.39, 0.29) is 5.92 Å². The van der Waals surface area contributed by atoms with Gasteiger partial charge in [0.05, 0.1) is 11.4 Å². The Hall–Kier alpha value is -2.34. The molecule has 1 atom stereocenters. The molecule has 3 rings (SSSR count). The Kier molecular flexibility index (Phi) is 3.62. The maximum atomic E-state index is 11.0. The van der Waals surface area contributed by atoms with E-state index >= 15 is 0 Å². The van der Waals surface area contributed by atoms with Crippen LogP contribution in [0.5, 0.6) is 0 Å². The quantitative estimate of drug-likeness (QED) is 0.901. The van der Waals surface area contributed by atoms with Crippen molar-refractivity contribution in [1.82, 2.24) is 14.7 Å². The van der Waals surface area contributed by atoms with E-state index in [0.717, 1.165) is 23.4 Å². The lowest BCUT2D eigenvalue weighted by atomic mass is 10.1. The van der Waals surface area contributed by atoms with Gasteiger partial charge in [-0.15, -0.1) is 0 Å². The van der Waals surface area contributed by atoms with Gasteiger partial charge in [-0.1, -0.05) is 12.1 Å². The molecule has 1 fully saturated rings. The number of carbonyl (C=O) groups is 1. The molecule has 3 N–H and O–H groups in total. The van der Waals surface area contributed by atoms with Crippen molar-refractivity contribution in [2.45, 2.75) is 18.9 Å². The summed E-state index contributed by atoms with van der Waals surface area (Å²) in [6.45, 7) is 1.63. The molecule has 1 unspecified atom stereocenters. The molecule has 1 aliphatic heterocycles. The minimum absolute atomic E-state index is 0.186. The van der Waals surface area contributed by atoms with Crippen molar-refractivity contribution in [2.75, 3.05) is 13.1 Å². The van der Waals surface area contributed by atoms with Crippen molar-refractivity contribution in [3.8, 4) is 5.69 Å². The summed E-state index contributed by atoms with van der Waals surface area (Å²) < 4.78 is 1.82. The van der Waals surface area contributed by atoms with Crippen LogP contribution in [-0.4, -0.2) is 39.0 Å². The summed E-state index contributed by atoms with van der Waals surface area (Å²) in [4.78, 5) is 12.4. The Balaban J connectivity index is 1.75. The smallest absolute Gasteiger partial charge is 0.407 e. The van der Waals surface area contributed by atoms with E-state index in [0.29, 0.717) is 19.6 Å². The largest absolute Gasteiger partial charge is 0.465 e.